The number of hydrogen-bond donors (Lipinski definition) is 1. The molecule has 0 unspecified atom stereocenters. The van der Waals surface area contributed by atoms with E-state index in [1.54, 1.807) is 24.5 Å². The third-order valence-corrected chi connectivity index (χ3v) is 3.06. The summed E-state index contributed by atoms with van der Waals surface area (Å²) in [6, 6.07) is 3.54. The maximum atomic E-state index is 11.5. The van der Waals surface area contributed by atoms with Gasteiger partial charge in [-0.3, -0.25) is 15.1 Å². The van der Waals surface area contributed by atoms with Gasteiger partial charge in [0.15, 0.2) is 5.17 Å². The van der Waals surface area contributed by atoms with Crippen LogP contribution in [-0.2, 0) is 14.3 Å². The fourth-order valence-electron chi connectivity index (χ4n) is 1.24. The van der Waals surface area contributed by atoms with Gasteiger partial charge in [0.2, 0.25) is 0 Å². The number of amidine groups is 1. The highest BCUT2D eigenvalue weighted by atomic mass is 32.2. The number of nitrogens with zero attached hydrogens (tertiary/aromatic N) is 3. The molecule has 0 aliphatic carbocycles. The van der Waals surface area contributed by atoms with Gasteiger partial charge in [-0.1, -0.05) is 0 Å². The van der Waals surface area contributed by atoms with Crippen LogP contribution < -0.4 is 5.32 Å². The number of pyridine rings is 1. The molecule has 2 rings (SSSR count). The van der Waals surface area contributed by atoms with Crippen LogP contribution in [0.1, 0.15) is 5.56 Å². The summed E-state index contributed by atoms with van der Waals surface area (Å²) in [6.45, 7) is 0. The normalized spacial score (nSPS) is 18.8. The molecular formula is C12H10N4O3S. The number of methoxy groups -OCH3 is 1. The molecule has 1 fully saturated rings. The van der Waals surface area contributed by atoms with Crippen molar-refractivity contribution in [2.75, 3.05) is 7.11 Å². The van der Waals surface area contributed by atoms with Gasteiger partial charge in [0, 0.05) is 18.5 Å². The Morgan fingerprint density at radius 2 is 2.20 bits per heavy atom. The van der Waals surface area contributed by atoms with Gasteiger partial charge >= 0.3 is 5.97 Å². The Morgan fingerprint density at radius 1 is 1.45 bits per heavy atom. The number of aromatic nitrogens is 1. The monoisotopic (exact) mass is 290 g/mol. The predicted octanol–water partition coefficient (Wildman–Crippen LogP) is 0.691. The molecule has 102 valence electrons. The summed E-state index contributed by atoms with van der Waals surface area (Å²) < 4.78 is 4.45. The summed E-state index contributed by atoms with van der Waals surface area (Å²) in [5.74, 6) is -0.998. The van der Waals surface area contributed by atoms with Crippen molar-refractivity contribution in [2.45, 2.75) is 0 Å². The molecule has 2 heterocycles. The van der Waals surface area contributed by atoms with Gasteiger partial charge in [-0.15, -0.1) is 5.10 Å². The lowest BCUT2D eigenvalue weighted by atomic mass is 10.3. The van der Waals surface area contributed by atoms with Crippen molar-refractivity contribution in [3.05, 3.63) is 41.1 Å². The molecule has 0 saturated carbocycles. The first kappa shape index (κ1) is 13.9. The first-order valence-corrected chi connectivity index (χ1v) is 6.30. The molecule has 0 radical (unpaired) electrons. The van der Waals surface area contributed by atoms with E-state index in [2.05, 4.69) is 25.2 Å². The van der Waals surface area contributed by atoms with Crippen LogP contribution in [0.3, 0.4) is 0 Å². The molecule has 1 amide bonds. The zero-order valence-corrected chi connectivity index (χ0v) is 11.3. The van der Waals surface area contributed by atoms with Crippen LogP contribution in [0.15, 0.2) is 45.7 Å². The molecule has 1 aliphatic heterocycles. The van der Waals surface area contributed by atoms with Crippen LogP contribution in [0.25, 0.3) is 0 Å². The van der Waals surface area contributed by atoms with E-state index >= 15 is 0 Å². The van der Waals surface area contributed by atoms with Crippen molar-refractivity contribution in [3.8, 4) is 0 Å². The second-order valence-corrected chi connectivity index (χ2v) is 4.55. The third-order valence-electron chi connectivity index (χ3n) is 2.16. The number of rotatable bonds is 3. The zero-order valence-electron chi connectivity index (χ0n) is 10.4. The van der Waals surface area contributed by atoms with Gasteiger partial charge < -0.3 is 4.74 Å². The Kier molecular flexibility index (Phi) is 4.61. The maximum Gasteiger partial charge on any atom is 0.331 e. The summed E-state index contributed by atoms with van der Waals surface area (Å²) in [5, 5.41) is 10.5. The van der Waals surface area contributed by atoms with E-state index in [1.165, 1.54) is 13.3 Å². The molecule has 0 atom stereocenters. The number of carbonyl (C=O) groups excluding carboxylic acids is 2. The molecule has 0 bridgehead atoms. The molecular weight excluding hydrogens is 280 g/mol. The van der Waals surface area contributed by atoms with Crippen molar-refractivity contribution in [1.82, 2.24) is 10.3 Å². The van der Waals surface area contributed by atoms with Gasteiger partial charge in [0.1, 0.15) is 0 Å². The summed E-state index contributed by atoms with van der Waals surface area (Å²) in [4.78, 5) is 26.7. The third kappa shape index (κ3) is 3.75. The highest BCUT2D eigenvalue weighted by Crippen LogP contribution is 2.23. The van der Waals surface area contributed by atoms with Crippen molar-refractivity contribution in [2.24, 2.45) is 10.2 Å². The Balaban J connectivity index is 2.03. The highest BCUT2D eigenvalue weighted by molar-refractivity contribution is 8.18. The molecule has 0 spiro atoms. The molecule has 1 N–H and O–H groups in total. The van der Waals surface area contributed by atoms with Gasteiger partial charge in [-0.2, -0.15) is 5.10 Å². The largest absolute Gasteiger partial charge is 0.466 e. The number of thioether (sulfide) groups is 1. The van der Waals surface area contributed by atoms with Crippen LogP contribution in [0, 0.1) is 0 Å². The summed E-state index contributed by atoms with van der Waals surface area (Å²) in [6.07, 6.45) is 5.91. The molecule has 1 aliphatic rings. The minimum atomic E-state index is -0.593. The van der Waals surface area contributed by atoms with Crippen LogP contribution in [0.4, 0.5) is 0 Å². The minimum Gasteiger partial charge on any atom is -0.466 e. The lowest BCUT2D eigenvalue weighted by Crippen LogP contribution is -2.19. The predicted molar refractivity (Wildman–Crippen MR) is 75.1 cm³/mol. The van der Waals surface area contributed by atoms with Crippen LogP contribution in [0.5, 0.6) is 0 Å². The topological polar surface area (TPSA) is 93.0 Å². The van der Waals surface area contributed by atoms with Crippen LogP contribution in [0.2, 0.25) is 0 Å². The molecule has 0 aromatic carbocycles. The Morgan fingerprint density at radius 3 is 2.90 bits per heavy atom. The van der Waals surface area contributed by atoms with E-state index in [1.807, 2.05) is 0 Å². The first-order chi connectivity index (χ1) is 9.69. The minimum absolute atomic E-state index is 0.217. The van der Waals surface area contributed by atoms with Crippen LogP contribution >= 0.6 is 11.8 Å². The number of hydrogen-bond acceptors (Lipinski definition) is 7. The molecule has 1 aromatic heterocycles. The molecule has 20 heavy (non-hydrogen) atoms. The van der Waals surface area contributed by atoms with Gasteiger partial charge in [0.25, 0.3) is 5.91 Å². The molecule has 8 heteroatoms. The van der Waals surface area contributed by atoms with Gasteiger partial charge in [-0.05, 0) is 29.5 Å². The number of ether oxygens (including phenoxy) is 1. The number of carbonyl (C=O) groups is 2. The summed E-state index contributed by atoms with van der Waals surface area (Å²) in [7, 11) is 1.24. The quantitative estimate of drug-likeness (QED) is 0.382. The molecule has 1 aromatic rings. The van der Waals surface area contributed by atoms with Crippen molar-refractivity contribution < 1.29 is 14.3 Å². The summed E-state index contributed by atoms with van der Waals surface area (Å²) >= 11 is 1.02. The lowest BCUT2D eigenvalue weighted by molar-refractivity contribution is -0.135. The smallest absolute Gasteiger partial charge is 0.331 e. The lowest BCUT2D eigenvalue weighted by Gasteiger charge is -1.90. The number of esters is 1. The van der Waals surface area contributed by atoms with Gasteiger partial charge in [0.05, 0.1) is 18.2 Å². The zero-order chi connectivity index (χ0) is 14.4. The van der Waals surface area contributed by atoms with E-state index in [0.717, 1.165) is 23.4 Å². The fourth-order valence-corrected chi connectivity index (χ4v) is 1.98. The number of nitrogens with one attached hydrogen (secondary N) is 1. The number of amides is 1. The first-order valence-electron chi connectivity index (χ1n) is 5.49. The maximum absolute atomic E-state index is 11.5. The van der Waals surface area contributed by atoms with E-state index in [0.29, 0.717) is 5.17 Å². The SMILES string of the molecule is COC(=O)/C=C1\S/C(=N/N=C/c2ccncc2)NC1=O. The average molecular weight is 290 g/mol. The van der Waals surface area contributed by atoms with Crippen LogP contribution in [-0.4, -0.2) is 35.4 Å². The standard InChI is InChI=1S/C12H10N4O3S/c1-19-10(17)6-9-11(18)15-12(20-9)16-14-7-8-2-4-13-5-3-8/h2-7H,1H3,(H,15,16,18)/b9-6-,14-7+. The van der Waals surface area contributed by atoms with E-state index in [-0.39, 0.29) is 4.91 Å². The van der Waals surface area contributed by atoms with Crippen molar-refractivity contribution in [3.63, 3.8) is 0 Å². The second kappa shape index (κ2) is 6.62. The highest BCUT2D eigenvalue weighted by Gasteiger charge is 2.24. The Bertz CT molecular complexity index is 610. The van der Waals surface area contributed by atoms with Crippen molar-refractivity contribution >= 4 is 35.0 Å². The molecule has 1 saturated heterocycles. The average Bonchev–Trinajstić information content (AvgIpc) is 2.80. The Hall–Kier alpha value is -2.48. The second-order valence-electron chi connectivity index (χ2n) is 3.52. The van der Waals surface area contributed by atoms with Gasteiger partial charge in [-0.25, -0.2) is 4.79 Å². The van der Waals surface area contributed by atoms with E-state index < -0.39 is 11.9 Å². The van der Waals surface area contributed by atoms with E-state index in [4.69, 9.17) is 0 Å². The fraction of sp³-hybridized carbons (Fsp3) is 0.0833. The Labute approximate surface area is 118 Å². The van der Waals surface area contributed by atoms with Crippen molar-refractivity contribution in [1.29, 1.82) is 0 Å². The summed E-state index contributed by atoms with van der Waals surface area (Å²) in [5.41, 5.74) is 0.837. The van der Waals surface area contributed by atoms with E-state index in [9.17, 15) is 9.59 Å². The molecule has 7 nitrogen and oxygen atoms in total.